The minimum Gasteiger partial charge on any atom is -0.383 e. The van der Waals surface area contributed by atoms with Crippen LogP contribution in [0.1, 0.15) is 20.3 Å². The summed E-state index contributed by atoms with van der Waals surface area (Å²) >= 11 is 0. The second kappa shape index (κ2) is 6.89. The Kier molecular flexibility index (Phi) is 5.49. The average molecular weight is 249 g/mol. The van der Waals surface area contributed by atoms with Crippen LogP contribution in [0.2, 0.25) is 0 Å². The molecule has 0 fully saturated rings. The van der Waals surface area contributed by atoms with E-state index in [9.17, 15) is 4.79 Å². The molecule has 0 bridgehead atoms. The summed E-state index contributed by atoms with van der Waals surface area (Å²) in [6.07, 6.45) is 0.486. The fraction of sp³-hybridized carbons (Fsp3) is 0.500. The van der Waals surface area contributed by atoms with Gasteiger partial charge in [0, 0.05) is 33.1 Å². The first-order valence-corrected chi connectivity index (χ1v) is 6.30. The van der Waals surface area contributed by atoms with Crippen LogP contribution in [-0.4, -0.2) is 32.6 Å². The zero-order valence-corrected chi connectivity index (χ0v) is 11.7. The van der Waals surface area contributed by atoms with Crippen molar-refractivity contribution in [1.82, 2.24) is 5.32 Å². The van der Waals surface area contributed by atoms with Crippen molar-refractivity contribution in [1.29, 1.82) is 0 Å². The normalized spacial score (nSPS) is 10.3. The average Bonchev–Trinajstić information content (AvgIpc) is 2.28. The molecule has 0 aliphatic rings. The minimum absolute atomic E-state index is 0.0832. The number of amides is 1. The van der Waals surface area contributed by atoms with Crippen LogP contribution in [0.3, 0.4) is 0 Å². The number of para-hydroxylation sites is 2. The summed E-state index contributed by atoms with van der Waals surface area (Å²) < 4.78 is 0. The van der Waals surface area contributed by atoms with Gasteiger partial charge in [-0.25, -0.2) is 0 Å². The highest BCUT2D eigenvalue weighted by Crippen LogP contribution is 2.23. The molecule has 4 heteroatoms. The third kappa shape index (κ3) is 4.65. The maximum atomic E-state index is 11.5. The van der Waals surface area contributed by atoms with E-state index in [1.165, 1.54) is 0 Å². The van der Waals surface area contributed by atoms with Crippen molar-refractivity contribution < 1.29 is 4.79 Å². The lowest BCUT2D eigenvalue weighted by atomic mass is 10.2. The van der Waals surface area contributed by atoms with Gasteiger partial charge in [0.1, 0.15) is 0 Å². The second-order valence-corrected chi connectivity index (χ2v) is 4.81. The zero-order chi connectivity index (χ0) is 13.5. The van der Waals surface area contributed by atoms with E-state index in [0.29, 0.717) is 13.0 Å². The smallest absolute Gasteiger partial charge is 0.221 e. The van der Waals surface area contributed by atoms with Gasteiger partial charge in [-0.15, -0.1) is 0 Å². The molecule has 1 rings (SSSR count). The van der Waals surface area contributed by atoms with Crippen molar-refractivity contribution >= 4 is 17.3 Å². The van der Waals surface area contributed by atoms with Gasteiger partial charge >= 0.3 is 0 Å². The molecule has 0 aromatic heterocycles. The summed E-state index contributed by atoms with van der Waals surface area (Å²) in [5, 5.41) is 6.17. The van der Waals surface area contributed by atoms with E-state index in [4.69, 9.17) is 0 Å². The monoisotopic (exact) mass is 249 g/mol. The van der Waals surface area contributed by atoms with Crippen LogP contribution < -0.4 is 15.5 Å². The van der Waals surface area contributed by atoms with Gasteiger partial charge in [0.2, 0.25) is 5.91 Å². The lowest BCUT2D eigenvalue weighted by Crippen LogP contribution is -2.31. The quantitative estimate of drug-likeness (QED) is 0.811. The van der Waals surface area contributed by atoms with E-state index >= 15 is 0 Å². The van der Waals surface area contributed by atoms with Gasteiger partial charge in [0.05, 0.1) is 11.4 Å². The molecule has 0 atom stereocenters. The van der Waals surface area contributed by atoms with Crippen LogP contribution in [0, 0.1) is 0 Å². The molecule has 1 amide bonds. The van der Waals surface area contributed by atoms with E-state index in [1.54, 1.807) is 0 Å². The first-order chi connectivity index (χ1) is 8.50. The maximum Gasteiger partial charge on any atom is 0.221 e. The fourth-order valence-electron chi connectivity index (χ4n) is 1.72. The van der Waals surface area contributed by atoms with Crippen molar-refractivity contribution in [3.8, 4) is 0 Å². The number of rotatable bonds is 6. The van der Waals surface area contributed by atoms with Crippen molar-refractivity contribution in [3.63, 3.8) is 0 Å². The summed E-state index contributed by atoms with van der Waals surface area (Å²) in [5.41, 5.74) is 2.18. The molecule has 100 valence electrons. The Labute approximate surface area is 109 Å². The highest BCUT2D eigenvalue weighted by molar-refractivity contribution is 5.77. The first-order valence-electron chi connectivity index (χ1n) is 6.30. The summed E-state index contributed by atoms with van der Waals surface area (Å²) in [7, 11) is 4.01. The van der Waals surface area contributed by atoms with E-state index in [1.807, 2.05) is 46.1 Å². The van der Waals surface area contributed by atoms with Gasteiger partial charge in [0.25, 0.3) is 0 Å². The third-order valence-corrected chi connectivity index (χ3v) is 2.50. The Morgan fingerprint density at radius 3 is 2.56 bits per heavy atom. The highest BCUT2D eigenvalue weighted by Gasteiger charge is 2.05. The van der Waals surface area contributed by atoms with E-state index in [-0.39, 0.29) is 11.9 Å². The van der Waals surface area contributed by atoms with E-state index in [2.05, 4.69) is 21.6 Å². The molecule has 0 radical (unpaired) electrons. The number of nitrogens with one attached hydrogen (secondary N) is 2. The Hall–Kier alpha value is -1.71. The van der Waals surface area contributed by atoms with Gasteiger partial charge in [-0.1, -0.05) is 12.1 Å². The molecule has 0 saturated carbocycles. The minimum atomic E-state index is 0.0832. The molecule has 0 spiro atoms. The number of hydrogen-bond donors (Lipinski definition) is 2. The van der Waals surface area contributed by atoms with Crippen LogP contribution in [0.5, 0.6) is 0 Å². The van der Waals surface area contributed by atoms with Gasteiger partial charge in [-0.05, 0) is 26.0 Å². The predicted octanol–water partition coefficient (Wildman–Crippen LogP) is 2.08. The molecular formula is C14H23N3O. The Balaban J connectivity index is 2.46. The highest BCUT2D eigenvalue weighted by atomic mass is 16.1. The standard InChI is InChI=1S/C14H23N3O/c1-11(2)16-14(18)9-10-15-12-7-5-6-8-13(12)17(3)4/h5-8,11,15H,9-10H2,1-4H3,(H,16,18). The van der Waals surface area contributed by atoms with Crippen molar-refractivity contribution in [2.24, 2.45) is 0 Å². The topological polar surface area (TPSA) is 44.4 Å². The number of carbonyl (C=O) groups excluding carboxylic acids is 1. The van der Waals surface area contributed by atoms with Crippen LogP contribution in [0.25, 0.3) is 0 Å². The SMILES string of the molecule is CC(C)NC(=O)CCNc1ccccc1N(C)C. The molecule has 18 heavy (non-hydrogen) atoms. The Bertz CT molecular complexity index is 388. The van der Waals surface area contributed by atoms with Crippen LogP contribution in [0.15, 0.2) is 24.3 Å². The lowest BCUT2D eigenvalue weighted by Gasteiger charge is -2.18. The molecule has 0 aliphatic carbocycles. The fourth-order valence-corrected chi connectivity index (χ4v) is 1.72. The number of hydrogen-bond acceptors (Lipinski definition) is 3. The number of benzene rings is 1. The van der Waals surface area contributed by atoms with Crippen LogP contribution in [-0.2, 0) is 4.79 Å². The first kappa shape index (κ1) is 14.4. The molecule has 0 heterocycles. The largest absolute Gasteiger partial charge is 0.383 e. The summed E-state index contributed by atoms with van der Waals surface area (Å²) in [4.78, 5) is 13.6. The molecule has 1 aromatic rings. The number of anilines is 2. The van der Waals surface area contributed by atoms with Crippen molar-refractivity contribution in [3.05, 3.63) is 24.3 Å². The Morgan fingerprint density at radius 2 is 1.94 bits per heavy atom. The molecule has 0 saturated heterocycles. The number of carbonyl (C=O) groups is 1. The third-order valence-electron chi connectivity index (χ3n) is 2.50. The molecule has 4 nitrogen and oxygen atoms in total. The predicted molar refractivity (Wildman–Crippen MR) is 77.2 cm³/mol. The molecule has 0 unspecified atom stereocenters. The number of nitrogens with zero attached hydrogens (tertiary/aromatic N) is 1. The Morgan fingerprint density at radius 1 is 1.28 bits per heavy atom. The molecule has 2 N–H and O–H groups in total. The van der Waals surface area contributed by atoms with Crippen molar-refractivity contribution in [2.45, 2.75) is 26.3 Å². The van der Waals surface area contributed by atoms with Crippen molar-refractivity contribution in [2.75, 3.05) is 30.9 Å². The van der Waals surface area contributed by atoms with Gasteiger partial charge < -0.3 is 15.5 Å². The van der Waals surface area contributed by atoms with Crippen LogP contribution in [0.4, 0.5) is 11.4 Å². The maximum absolute atomic E-state index is 11.5. The second-order valence-electron chi connectivity index (χ2n) is 4.81. The molecular weight excluding hydrogens is 226 g/mol. The van der Waals surface area contributed by atoms with E-state index in [0.717, 1.165) is 11.4 Å². The van der Waals surface area contributed by atoms with Gasteiger partial charge in [0.15, 0.2) is 0 Å². The zero-order valence-electron chi connectivity index (χ0n) is 11.7. The van der Waals surface area contributed by atoms with Gasteiger partial charge in [-0.3, -0.25) is 4.79 Å². The molecule has 0 aliphatic heterocycles. The van der Waals surface area contributed by atoms with Crippen LogP contribution >= 0.6 is 0 Å². The lowest BCUT2D eigenvalue weighted by molar-refractivity contribution is -0.121. The van der Waals surface area contributed by atoms with E-state index < -0.39 is 0 Å². The summed E-state index contributed by atoms with van der Waals surface area (Å²) in [6.45, 7) is 4.57. The summed E-state index contributed by atoms with van der Waals surface area (Å²) in [5.74, 6) is 0.0832. The molecule has 1 aromatic carbocycles. The summed E-state index contributed by atoms with van der Waals surface area (Å²) in [6, 6.07) is 8.27. The van der Waals surface area contributed by atoms with Gasteiger partial charge in [-0.2, -0.15) is 0 Å².